The second-order valence-electron chi connectivity index (χ2n) is 7.87. The Bertz CT molecular complexity index is 1260. The summed E-state index contributed by atoms with van der Waals surface area (Å²) in [5.41, 5.74) is 4.95. The highest BCUT2D eigenvalue weighted by molar-refractivity contribution is 5.86. The molecule has 0 saturated carbocycles. The van der Waals surface area contributed by atoms with Crippen LogP contribution in [-0.2, 0) is 11.2 Å². The first-order valence-corrected chi connectivity index (χ1v) is 11.4. The molecule has 34 heavy (non-hydrogen) atoms. The van der Waals surface area contributed by atoms with Gasteiger partial charge in [-0.3, -0.25) is 10.4 Å². The van der Waals surface area contributed by atoms with Crippen molar-refractivity contribution in [3.63, 3.8) is 0 Å². The van der Waals surface area contributed by atoms with Gasteiger partial charge in [0.05, 0.1) is 31.7 Å². The zero-order valence-electron chi connectivity index (χ0n) is 18.8. The van der Waals surface area contributed by atoms with Gasteiger partial charge in [0.25, 0.3) is 0 Å². The van der Waals surface area contributed by atoms with Crippen molar-refractivity contribution in [1.82, 2.24) is 15.0 Å². The summed E-state index contributed by atoms with van der Waals surface area (Å²) < 4.78 is 11.4. The summed E-state index contributed by atoms with van der Waals surface area (Å²) in [6.07, 6.45) is 4.10. The van der Waals surface area contributed by atoms with Gasteiger partial charge in [-0.05, 0) is 35.0 Å². The van der Waals surface area contributed by atoms with Crippen molar-refractivity contribution in [2.75, 3.05) is 43.2 Å². The minimum atomic E-state index is 0.475. The van der Waals surface area contributed by atoms with Gasteiger partial charge in [0, 0.05) is 37.5 Å². The first-order valence-electron chi connectivity index (χ1n) is 11.4. The lowest BCUT2D eigenvalue weighted by Crippen LogP contribution is -2.37. The number of nitrogens with zero attached hydrogens (tertiary/aromatic N) is 5. The maximum atomic E-state index is 5.96. The molecule has 2 aromatic heterocycles. The normalized spacial score (nSPS) is 13.9. The predicted molar refractivity (Wildman–Crippen MR) is 134 cm³/mol. The van der Waals surface area contributed by atoms with E-state index >= 15 is 0 Å². The molecular formula is C26H26N6O2. The van der Waals surface area contributed by atoms with E-state index in [1.165, 1.54) is 5.39 Å². The molecule has 0 radical (unpaired) electrons. The Labute approximate surface area is 198 Å². The van der Waals surface area contributed by atoms with Crippen molar-refractivity contribution in [3.8, 4) is 5.88 Å². The fraction of sp³-hybridized carbons (Fsp3) is 0.231. The summed E-state index contributed by atoms with van der Waals surface area (Å²) in [7, 11) is 0. The average molecular weight is 455 g/mol. The molecule has 2 aromatic carbocycles. The number of hydrogen-bond donors (Lipinski definition) is 1. The molecule has 1 saturated heterocycles. The Balaban J connectivity index is 1.31. The lowest BCUT2D eigenvalue weighted by Gasteiger charge is -2.28. The lowest BCUT2D eigenvalue weighted by atomic mass is 10.1. The maximum absolute atomic E-state index is 5.96. The topological polar surface area (TPSA) is 84.8 Å². The van der Waals surface area contributed by atoms with Gasteiger partial charge in [0.2, 0.25) is 5.88 Å². The third-order valence-corrected chi connectivity index (χ3v) is 5.50. The van der Waals surface area contributed by atoms with E-state index in [1.807, 2.05) is 42.5 Å². The van der Waals surface area contributed by atoms with Gasteiger partial charge in [-0.2, -0.15) is 10.1 Å². The number of nitrogens with one attached hydrogen (secondary N) is 1. The van der Waals surface area contributed by atoms with Crippen molar-refractivity contribution in [3.05, 3.63) is 84.4 Å². The summed E-state index contributed by atoms with van der Waals surface area (Å²) >= 11 is 0. The predicted octanol–water partition coefficient (Wildman–Crippen LogP) is 3.93. The minimum Gasteiger partial charge on any atom is -0.477 e. The Morgan fingerprint density at radius 3 is 2.68 bits per heavy atom. The Kier molecular flexibility index (Phi) is 6.87. The van der Waals surface area contributed by atoms with E-state index in [0.717, 1.165) is 35.7 Å². The summed E-state index contributed by atoms with van der Waals surface area (Å²) in [6, 6.07) is 22.1. The Morgan fingerprint density at radius 1 is 0.971 bits per heavy atom. The fourth-order valence-electron chi connectivity index (χ4n) is 3.75. The van der Waals surface area contributed by atoms with Crippen LogP contribution in [0.15, 0.2) is 78.0 Å². The molecule has 4 aromatic rings. The van der Waals surface area contributed by atoms with Crippen LogP contribution in [0.2, 0.25) is 0 Å². The molecule has 1 aliphatic heterocycles. The molecule has 0 amide bonds. The average Bonchev–Trinajstić information content (AvgIpc) is 2.90. The van der Waals surface area contributed by atoms with Gasteiger partial charge in [0.1, 0.15) is 5.82 Å². The van der Waals surface area contributed by atoms with Crippen molar-refractivity contribution in [2.45, 2.75) is 6.42 Å². The van der Waals surface area contributed by atoms with Gasteiger partial charge in [-0.25, -0.2) is 4.98 Å². The fourth-order valence-corrected chi connectivity index (χ4v) is 3.75. The summed E-state index contributed by atoms with van der Waals surface area (Å²) in [5.74, 6) is 1.79. The number of aromatic nitrogens is 3. The van der Waals surface area contributed by atoms with Crippen LogP contribution in [0.3, 0.4) is 0 Å². The molecular weight excluding hydrogens is 428 g/mol. The molecule has 8 nitrogen and oxygen atoms in total. The van der Waals surface area contributed by atoms with Gasteiger partial charge >= 0.3 is 0 Å². The van der Waals surface area contributed by atoms with Gasteiger partial charge in [0.15, 0.2) is 5.82 Å². The summed E-state index contributed by atoms with van der Waals surface area (Å²) in [6.45, 7) is 3.37. The monoisotopic (exact) mass is 454 g/mol. The number of ether oxygens (including phenoxy) is 2. The van der Waals surface area contributed by atoms with E-state index in [-0.39, 0.29) is 0 Å². The van der Waals surface area contributed by atoms with Crippen molar-refractivity contribution in [1.29, 1.82) is 0 Å². The molecule has 172 valence electrons. The number of rotatable bonds is 8. The zero-order chi connectivity index (χ0) is 23.0. The molecule has 1 fully saturated rings. The van der Waals surface area contributed by atoms with Crippen molar-refractivity contribution < 1.29 is 9.47 Å². The number of hydrazone groups is 1. The first kappa shape index (κ1) is 21.8. The molecule has 0 bridgehead atoms. The van der Waals surface area contributed by atoms with Crippen LogP contribution in [0.25, 0.3) is 10.8 Å². The molecule has 0 spiro atoms. The van der Waals surface area contributed by atoms with E-state index in [0.29, 0.717) is 37.9 Å². The number of pyridine rings is 1. The quantitative estimate of drug-likeness (QED) is 0.319. The molecule has 1 aliphatic rings. The molecule has 3 heterocycles. The SMILES string of the molecule is C(=N\Nc1ccc2ccccc2c1)/c1nc(OCCc2ccccn2)cc(N2CCOCC2)n1. The minimum absolute atomic E-state index is 0.475. The number of morpholine rings is 1. The molecule has 8 heteroatoms. The Morgan fingerprint density at radius 2 is 1.82 bits per heavy atom. The number of fused-ring (bicyclic) bond motifs is 1. The van der Waals surface area contributed by atoms with Crippen molar-refractivity contribution in [2.24, 2.45) is 5.10 Å². The third-order valence-electron chi connectivity index (χ3n) is 5.50. The maximum Gasteiger partial charge on any atom is 0.219 e. The van der Waals surface area contributed by atoms with E-state index in [9.17, 15) is 0 Å². The number of hydrogen-bond acceptors (Lipinski definition) is 8. The second-order valence-corrected chi connectivity index (χ2v) is 7.87. The van der Waals surface area contributed by atoms with E-state index < -0.39 is 0 Å². The highest BCUT2D eigenvalue weighted by atomic mass is 16.5. The van der Waals surface area contributed by atoms with Crippen molar-refractivity contribution >= 4 is 28.5 Å². The highest BCUT2D eigenvalue weighted by Crippen LogP contribution is 2.20. The van der Waals surface area contributed by atoms with E-state index in [4.69, 9.17) is 9.47 Å². The van der Waals surface area contributed by atoms with Crippen LogP contribution in [0.1, 0.15) is 11.5 Å². The van der Waals surface area contributed by atoms with Crippen LogP contribution in [0, 0.1) is 0 Å². The molecule has 5 rings (SSSR count). The van der Waals surface area contributed by atoms with Gasteiger partial charge in [-0.15, -0.1) is 0 Å². The van der Waals surface area contributed by atoms with Crippen LogP contribution in [-0.4, -0.2) is 54.1 Å². The third kappa shape index (κ3) is 5.65. The lowest BCUT2D eigenvalue weighted by molar-refractivity contribution is 0.122. The first-order chi connectivity index (χ1) is 16.8. The van der Waals surface area contributed by atoms with E-state index in [1.54, 1.807) is 12.4 Å². The van der Waals surface area contributed by atoms with E-state index in [2.05, 4.69) is 54.6 Å². The van der Waals surface area contributed by atoms with Gasteiger partial charge < -0.3 is 14.4 Å². The highest BCUT2D eigenvalue weighted by Gasteiger charge is 2.15. The summed E-state index contributed by atoms with van der Waals surface area (Å²) in [4.78, 5) is 15.7. The van der Waals surface area contributed by atoms with Gasteiger partial charge in [-0.1, -0.05) is 36.4 Å². The van der Waals surface area contributed by atoms with Crippen LogP contribution < -0.4 is 15.1 Å². The largest absolute Gasteiger partial charge is 0.477 e. The Hall–Kier alpha value is -4.04. The van der Waals surface area contributed by atoms with Crippen LogP contribution in [0.5, 0.6) is 5.88 Å². The molecule has 0 unspecified atom stereocenters. The molecule has 0 atom stereocenters. The number of benzene rings is 2. The molecule has 1 N–H and O–H groups in total. The van der Waals surface area contributed by atoms with Crippen LogP contribution in [0.4, 0.5) is 11.5 Å². The standard InChI is InChI=1S/C26H26N6O2/c1-2-6-21-17-23(9-8-20(21)5-1)31-28-19-24-29-25(32-12-15-33-16-13-32)18-26(30-24)34-14-10-22-7-3-4-11-27-22/h1-9,11,17-19,31H,10,12-16H2/b28-19+. The zero-order valence-corrected chi connectivity index (χ0v) is 18.8. The smallest absolute Gasteiger partial charge is 0.219 e. The number of anilines is 2. The summed E-state index contributed by atoms with van der Waals surface area (Å²) in [5, 5.41) is 6.70. The second kappa shape index (κ2) is 10.7. The molecule has 0 aliphatic carbocycles. The van der Waals surface area contributed by atoms with Crippen LogP contribution >= 0.6 is 0 Å².